The van der Waals surface area contributed by atoms with Crippen molar-refractivity contribution in [1.29, 1.82) is 0 Å². The van der Waals surface area contributed by atoms with Crippen molar-refractivity contribution in [2.75, 3.05) is 0 Å². The molecule has 0 bridgehead atoms. The lowest BCUT2D eigenvalue weighted by atomic mass is 9.94. The second-order valence-electron chi connectivity index (χ2n) is 4.94. The molecule has 0 heterocycles. The Kier molecular flexibility index (Phi) is 5.14. The van der Waals surface area contributed by atoms with Crippen LogP contribution < -0.4 is 4.74 Å². The predicted octanol–water partition coefficient (Wildman–Crippen LogP) is 4.24. The number of esters is 1. The molecular formula is C16H22O2. The van der Waals surface area contributed by atoms with Crippen LogP contribution in [0.5, 0.6) is 5.75 Å². The van der Waals surface area contributed by atoms with E-state index in [1.165, 1.54) is 11.1 Å². The average Bonchev–Trinajstić information content (AvgIpc) is 2.30. The topological polar surface area (TPSA) is 26.3 Å². The summed E-state index contributed by atoms with van der Waals surface area (Å²) in [5.41, 5.74) is 3.00. The summed E-state index contributed by atoms with van der Waals surface area (Å²) in [6, 6.07) is 5.88. The Morgan fingerprint density at radius 2 is 2.06 bits per heavy atom. The van der Waals surface area contributed by atoms with E-state index < -0.39 is 0 Å². The molecule has 0 N–H and O–H groups in total. The van der Waals surface area contributed by atoms with Crippen molar-refractivity contribution < 1.29 is 9.53 Å². The van der Waals surface area contributed by atoms with Gasteiger partial charge in [-0.15, -0.1) is 0 Å². The molecule has 18 heavy (non-hydrogen) atoms. The molecule has 2 heteroatoms. The number of carbonyl (C=O) groups is 1. The molecule has 0 radical (unpaired) electrons. The minimum atomic E-state index is -0.368. The zero-order valence-corrected chi connectivity index (χ0v) is 11.7. The Hall–Kier alpha value is -1.57. The average molecular weight is 246 g/mol. The molecule has 0 unspecified atom stereocenters. The van der Waals surface area contributed by atoms with E-state index in [0.717, 1.165) is 12.8 Å². The minimum absolute atomic E-state index is 0.368. The lowest BCUT2D eigenvalue weighted by Gasteiger charge is -2.14. The summed E-state index contributed by atoms with van der Waals surface area (Å²) in [4.78, 5) is 11.5. The maximum absolute atomic E-state index is 11.5. The quantitative estimate of drug-likeness (QED) is 0.441. The number of benzene rings is 1. The molecule has 0 saturated heterocycles. The summed E-state index contributed by atoms with van der Waals surface area (Å²) in [5, 5.41) is 0. The summed E-state index contributed by atoms with van der Waals surface area (Å²) in [7, 11) is 0. The first-order valence-corrected chi connectivity index (χ1v) is 6.46. The van der Waals surface area contributed by atoms with E-state index in [2.05, 4.69) is 33.4 Å². The van der Waals surface area contributed by atoms with E-state index in [-0.39, 0.29) is 5.97 Å². The molecule has 0 aliphatic rings. The van der Waals surface area contributed by atoms with Crippen LogP contribution >= 0.6 is 0 Å². The normalized spacial score (nSPS) is 10.5. The Labute approximate surface area is 110 Å². The van der Waals surface area contributed by atoms with Crippen LogP contribution in [0.2, 0.25) is 0 Å². The van der Waals surface area contributed by atoms with Gasteiger partial charge < -0.3 is 4.74 Å². The molecule has 98 valence electrons. The maximum atomic E-state index is 11.5. The third kappa shape index (κ3) is 3.73. The molecular weight excluding hydrogens is 224 g/mol. The van der Waals surface area contributed by atoms with Gasteiger partial charge in [0.2, 0.25) is 0 Å². The number of carbonyl (C=O) groups excluding carboxylic acids is 1. The van der Waals surface area contributed by atoms with Crippen LogP contribution in [-0.2, 0) is 11.2 Å². The first-order valence-electron chi connectivity index (χ1n) is 6.46. The number of hydrogen-bond acceptors (Lipinski definition) is 2. The molecule has 0 fully saturated rings. The fraction of sp³-hybridized carbons (Fsp3) is 0.438. The van der Waals surface area contributed by atoms with Gasteiger partial charge in [0.25, 0.3) is 0 Å². The van der Waals surface area contributed by atoms with Gasteiger partial charge in [0.1, 0.15) is 5.75 Å². The number of rotatable bonds is 5. The van der Waals surface area contributed by atoms with Crippen LogP contribution in [0.1, 0.15) is 51.2 Å². The standard InChI is InChI=1S/C16H22O2/c1-6-7-13-8-9-14(10-15(13)11(2)3)18-16(17)12(4)5/h8-11H,4,6-7H2,1-3,5H3. The van der Waals surface area contributed by atoms with Gasteiger partial charge in [-0.1, -0.05) is 39.8 Å². The van der Waals surface area contributed by atoms with Crippen molar-refractivity contribution >= 4 is 5.97 Å². The zero-order chi connectivity index (χ0) is 13.7. The van der Waals surface area contributed by atoms with Gasteiger partial charge >= 0.3 is 5.97 Å². The SMILES string of the molecule is C=C(C)C(=O)Oc1ccc(CCC)c(C(C)C)c1. The molecule has 0 saturated carbocycles. The molecule has 1 aromatic carbocycles. The molecule has 0 spiro atoms. The van der Waals surface area contributed by atoms with E-state index in [1.54, 1.807) is 6.92 Å². The Bertz CT molecular complexity index is 444. The first kappa shape index (κ1) is 14.5. The Morgan fingerprint density at radius 3 is 2.56 bits per heavy atom. The fourth-order valence-corrected chi connectivity index (χ4v) is 1.87. The molecule has 0 amide bonds. The van der Waals surface area contributed by atoms with Crippen molar-refractivity contribution in [1.82, 2.24) is 0 Å². The van der Waals surface area contributed by atoms with Crippen molar-refractivity contribution in [2.45, 2.75) is 46.5 Å². The highest BCUT2D eigenvalue weighted by molar-refractivity contribution is 5.88. The highest BCUT2D eigenvalue weighted by atomic mass is 16.5. The van der Waals surface area contributed by atoms with E-state index in [1.807, 2.05) is 12.1 Å². The second kappa shape index (κ2) is 6.39. The number of aryl methyl sites for hydroxylation is 1. The summed E-state index contributed by atoms with van der Waals surface area (Å²) in [6.45, 7) is 11.7. The van der Waals surface area contributed by atoms with Gasteiger partial charge in [0.05, 0.1) is 0 Å². The van der Waals surface area contributed by atoms with Gasteiger partial charge in [-0.3, -0.25) is 0 Å². The van der Waals surface area contributed by atoms with Gasteiger partial charge in [0, 0.05) is 5.57 Å². The molecule has 0 aliphatic heterocycles. The van der Waals surface area contributed by atoms with Crippen LogP contribution in [0.15, 0.2) is 30.4 Å². The van der Waals surface area contributed by atoms with Crippen molar-refractivity contribution in [3.05, 3.63) is 41.5 Å². The largest absolute Gasteiger partial charge is 0.423 e. The van der Waals surface area contributed by atoms with Crippen LogP contribution in [-0.4, -0.2) is 5.97 Å². The van der Waals surface area contributed by atoms with Crippen LogP contribution in [0.3, 0.4) is 0 Å². The Balaban J connectivity index is 2.99. The van der Waals surface area contributed by atoms with Gasteiger partial charge in [-0.05, 0) is 42.5 Å². The van der Waals surface area contributed by atoms with Crippen LogP contribution in [0.25, 0.3) is 0 Å². The first-order chi connectivity index (χ1) is 8.45. The van der Waals surface area contributed by atoms with Crippen molar-refractivity contribution in [3.8, 4) is 5.75 Å². The molecule has 0 aliphatic carbocycles. The van der Waals surface area contributed by atoms with E-state index in [9.17, 15) is 4.79 Å². The maximum Gasteiger partial charge on any atom is 0.338 e. The molecule has 2 nitrogen and oxygen atoms in total. The monoisotopic (exact) mass is 246 g/mol. The third-order valence-corrected chi connectivity index (χ3v) is 2.82. The molecule has 0 atom stereocenters. The number of hydrogen-bond donors (Lipinski definition) is 0. The highest BCUT2D eigenvalue weighted by Crippen LogP contribution is 2.26. The van der Waals surface area contributed by atoms with Gasteiger partial charge in [-0.2, -0.15) is 0 Å². The predicted molar refractivity (Wildman–Crippen MR) is 75.0 cm³/mol. The minimum Gasteiger partial charge on any atom is -0.423 e. The molecule has 1 rings (SSSR count). The van der Waals surface area contributed by atoms with Gasteiger partial charge in [-0.25, -0.2) is 4.79 Å². The summed E-state index contributed by atoms with van der Waals surface area (Å²) >= 11 is 0. The fourth-order valence-electron chi connectivity index (χ4n) is 1.87. The van der Waals surface area contributed by atoms with E-state index >= 15 is 0 Å². The molecule has 1 aromatic rings. The third-order valence-electron chi connectivity index (χ3n) is 2.82. The van der Waals surface area contributed by atoms with Gasteiger partial charge in [0.15, 0.2) is 0 Å². The lowest BCUT2D eigenvalue weighted by molar-refractivity contribution is -0.130. The van der Waals surface area contributed by atoms with Crippen molar-refractivity contribution in [3.63, 3.8) is 0 Å². The van der Waals surface area contributed by atoms with E-state index in [0.29, 0.717) is 17.2 Å². The molecule has 0 aromatic heterocycles. The van der Waals surface area contributed by atoms with Crippen LogP contribution in [0.4, 0.5) is 0 Å². The Morgan fingerprint density at radius 1 is 1.39 bits per heavy atom. The summed E-state index contributed by atoms with van der Waals surface area (Å²) in [6.07, 6.45) is 2.17. The highest BCUT2D eigenvalue weighted by Gasteiger charge is 2.10. The lowest BCUT2D eigenvalue weighted by Crippen LogP contribution is -2.09. The second-order valence-corrected chi connectivity index (χ2v) is 4.94. The summed E-state index contributed by atoms with van der Waals surface area (Å²) < 4.78 is 5.26. The smallest absolute Gasteiger partial charge is 0.338 e. The summed E-state index contributed by atoms with van der Waals surface area (Å²) in [5.74, 6) is 0.662. The zero-order valence-electron chi connectivity index (χ0n) is 11.7. The number of ether oxygens (including phenoxy) is 1. The van der Waals surface area contributed by atoms with E-state index in [4.69, 9.17) is 4.74 Å². The van der Waals surface area contributed by atoms with Crippen LogP contribution in [0, 0.1) is 0 Å². The van der Waals surface area contributed by atoms with Crippen molar-refractivity contribution in [2.24, 2.45) is 0 Å².